The van der Waals surface area contributed by atoms with Crippen LogP contribution in [0.2, 0.25) is 0 Å². The van der Waals surface area contributed by atoms with Crippen molar-refractivity contribution in [2.45, 2.75) is 32.7 Å². The van der Waals surface area contributed by atoms with Gasteiger partial charge >= 0.3 is 0 Å². The van der Waals surface area contributed by atoms with Crippen LogP contribution in [0.5, 0.6) is 0 Å². The molecule has 1 aromatic heterocycles. The number of carbonyl (C=O) groups is 2. The maximum Gasteiger partial charge on any atom is 0.226 e. The molecule has 0 saturated heterocycles. The Morgan fingerprint density at radius 3 is 2.89 bits per heavy atom. The zero-order chi connectivity index (χ0) is 18.8. The molecule has 27 heavy (non-hydrogen) atoms. The molecule has 1 aliphatic heterocycles. The molecule has 4 rings (SSSR count). The minimum absolute atomic E-state index is 0.0696. The number of anilines is 2. The molecule has 1 saturated carbocycles. The third kappa shape index (κ3) is 4.16. The van der Waals surface area contributed by atoms with Crippen molar-refractivity contribution in [2.75, 3.05) is 23.3 Å². The molecule has 0 spiro atoms. The highest BCUT2D eigenvalue weighted by molar-refractivity contribution is 7.10. The van der Waals surface area contributed by atoms with Gasteiger partial charge in [-0.2, -0.15) is 0 Å². The van der Waals surface area contributed by atoms with Crippen molar-refractivity contribution in [1.82, 2.24) is 5.32 Å². The summed E-state index contributed by atoms with van der Waals surface area (Å²) in [5.74, 6) is 0.643. The second kappa shape index (κ2) is 7.72. The van der Waals surface area contributed by atoms with Gasteiger partial charge in [0.25, 0.3) is 0 Å². The van der Waals surface area contributed by atoms with Crippen molar-refractivity contribution in [1.29, 1.82) is 0 Å². The lowest BCUT2D eigenvalue weighted by Crippen LogP contribution is -2.31. The molecule has 0 radical (unpaired) electrons. The fourth-order valence-corrected chi connectivity index (χ4v) is 4.53. The number of fused-ring (bicyclic) bond motifs is 1. The summed E-state index contributed by atoms with van der Waals surface area (Å²) < 4.78 is 0. The summed E-state index contributed by atoms with van der Waals surface area (Å²) in [6.45, 7) is 4.29. The van der Waals surface area contributed by atoms with Gasteiger partial charge in [0.2, 0.25) is 11.8 Å². The van der Waals surface area contributed by atoms with Gasteiger partial charge in [0.1, 0.15) is 0 Å². The minimum atomic E-state index is -0.0696. The molecule has 2 aliphatic rings. The largest absolute Gasteiger partial charge is 0.365 e. The second-order valence-corrected chi connectivity index (χ2v) is 8.47. The van der Waals surface area contributed by atoms with E-state index in [2.05, 4.69) is 40.0 Å². The van der Waals surface area contributed by atoms with Crippen LogP contribution < -0.4 is 15.5 Å². The Kier molecular flexibility index (Phi) is 5.16. The first-order valence-corrected chi connectivity index (χ1v) is 10.5. The molecule has 2 aromatic rings. The quantitative estimate of drug-likeness (QED) is 0.804. The van der Waals surface area contributed by atoms with Crippen LogP contribution in [0.1, 0.15) is 30.2 Å². The van der Waals surface area contributed by atoms with Crippen LogP contribution in [0.4, 0.5) is 11.4 Å². The summed E-state index contributed by atoms with van der Waals surface area (Å²) >= 11 is 1.82. The number of benzene rings is 1. The number of nitrogens with one attached hydrogen (secondary N) is 2. The van der Waals surface area contributed by atoms with E-state index in [4.69, 9.17) is 0 Å². The number of amides is 2. The third-order valence-electron chi connectivity index (χ3n) is 5.42. The van der Waals surface area contributed by atoms with Gasteiger partial charge in [0, 0.05) is 36.9 Å². The highest BCUT2D eigenvalue weighted by Crippen LogP contribution is 2.37. The van der Waals surface area contributed by atoms with Crippen molar-refractivity contribution in [3.63, 3.8) is 0 Å². The van der Waals surface area contributed by atoms with E-state index in [1.807, 2.05) is 29.5 Å². The number of hydrogen-bond donors (Lipinski definition) is 2. The Balaban J connectivity index is 1.34. The van der Waals surface area contributed by atoms with Crippen LogP contribution in [0, 0.1) is 11.8 Å². The number of rotatable bonds is 6. The summed E-state index contributed by atoms with van der Waals surface area (Å²) in [6.07, 6.45) is 2.30. The normalized spacial score (nSPS) is 20.7. The van der Waals surface area contributed by atoms with E-state index >= 15 is 0 Å². The maximum absolute atomic E-state index is 12.4. The molecule has 2 N–H and O–H groups in total. The Bertz CT molecular complexity index is 847. The molecule has 6 heteroatoms. The minimum Gasteiger partial charge on any atom is -0.365 e. The van der Waals surface area contributed by atoms with Gasteiger partial charge in [-0.25, -0.2) is 0 Å². The average molecular weight is 384 g/mol. The predicted molar refractivity (Wildman–Crippen MR) is 109 cm³/mol. The molecule has 1 aromatic carbocycles. The first-order valence-electron chi connectivity index (χ1n) is 9.58. The summed E-state index contributed by atoms with van der Waals surface area (Å²) in [4.78, 5) is 28.0. The molecule has 2 heterocycles. The fourth-order valence-electron chi connectivity index (χ4n) is 3.64. The zero-order valence-electron chi connectivity index (χ0n) is 15.5. The average Bonchev–Trinajstić information content (AvgIpc) is 3.22. The van der Waals surface area contributed by atoms with Crippen LogP contribution >= 0.6 is 11.3 Å². The molecule has 2 atom stereocenters. The fraction of sp³-hybridized carbons (Fsp3) is 0.429. The molecule has 2 amide bonds. The highest BCUT2D eigenvalue weighted by Gasteiger charge is 2.38. The van der Waals surface area contributed by atoms with Crippen molar-refractivity contribution in [2.24, 2.45) is 11.8 Å². The van der Waals surface area contributed by atoms with Gasteiger partial charge in [-0.05, 0) is 47.9 Å². The number of carbonyl (C=O) groups excluding carboxylic acids is 2. The number of thiophene rings is 1. The molecule has 142 valence electrons. The molecular weight excluding hydrogens is 358 g/mol. The molecule has 1 aliphatic carbocycles. The van der Waals surface area contributed by atoms with Crippen LogP contribution in [-0.4, -0.2) is 24.9 Å². The van der Waals surface area contributed by atoms with E-state index in [1.165, 1.54) is 10.4 Å². The zero-order valence-corrected chi connectivity index (χ0v) is 16.3. The topological polar surface area (TPSA) is 61.4 Å². The molecule has 1 fully saturated rings. The van der Waals surface area contributed by atoms with Crippen molar-refractivity contribution < 1.29 is 9.59 Å². The van der Waals surface area contributed by atoms with E-state index in [0.29, 0.717) is 12.5 Å². The van der Waals surface area contributed by atoms with Crippen LogP contribution in [0.25, 0.3) is 0 Å². The van der Waals surface area contributed by atoms with E-state index in [-0.39, 0.29) is 24.2 Å². The standard InChI is InChI=1S/C21H25N3O2S/c1-14-12-16(14)21(26)22-9-6-20(25)23-17-4-2-3-5-18(17)24-10-7-19-15(13-24)8-11-27-19/h2-5,8,11,14,16H,6-7,9-10,12-13H2,1H3,(H,22,26)(H,23,25). The SMILES string of the molecule is CC1CC1C(=O)NCCC(=O)Nc1ccccc1N1CCc2sccc2C1. The van der Waals surface area contributed by atoms with Gasteiger partial charge in [-0.15, -0.1) is 11.3 Å². The van der Waals surface area contributed by atoms with Crippen molar-refractivity contribution in [3.05, 3.63) is 46.2 Å². The van der Waals surface area contributed by atoms with E-state index in [9.17, 15) is 9.59 Å². The number of nitrogens with zero attached hydrogens (tertiary/aromatic N) is 1. The number of hydrogen-bond acceptors (Lipinski definition) is 4. The Morgan fingerprint density at radius 2 is 2.07 bits per heavy atom. The lowest BCUT2D eigenvalue weighted by molar-refractivity contribution is -0.122. The lowest BCUT2D eigenvalue weighted by Gasteiger charge is -2.30. The Hall–Kier alpha value is -2.34. The second-order valence-electron chi connectivity index (χ2n) is 7.47. The van der Waals surface area contributed by atoms with E-state index < -0.39 is 0 Å². The third-order valence-corrected chi connectivity index (χ3v) is 6.45. The summed E-state index contributed by atoms with van der Waals surface area (Å²) in [6, 6.07) is 10.1. The van der Waals surface area contributed by atoms with Gasteiger partial charge in [0.15, 0.2) is 0 Å². The van der Waals surface area contributed by atoms with E-state index in [1.54, 1.807) is 0 Å². The van der Waals surface area contributed by atoms with Crippen LogP contribution in [0.15, 0.2) is 35.7 Å². The first-order chi connectivity index (χ1) is 13.1. The summed E-state index contributed by atoms with van der Waals surface area (Å²) in [5.41, 5.74) is 3.27. The van der Waals surface area contributed by atoms with Gasteiger partial charge < -0.3 is 15.5 Å². The highest BCUT2D eigenvalue weighted by atomic mass is 32.1. The maximum atomic E-state index is 12.4. The number of para-hydroxylation sites is 2. The van der Waals surface area contributed by atoms with Gasteiger partial charge in [0.05, 0.1) is 11.4 Å². The Labute approximate surface area is 163 Å². The molecule has 2 unspecified atom stereocenters. The van der Waals surface area contributed by atoms with Crippen molar-refractivity contribution >= 4 is 34.5 Å². The molecule has 0 bridgehead atoms. The van der Waals surface area contributed by atoms with Crippen LogP contribution in [-0.2, 0) is 22.6 Å². The van der Waals surface area contributed by atoms with Crippen molar-refractivity contribution in [3.8, 4) is 0 Å². The van der Waals surface area contributed by atoms with Gasteiger partial charge in [-0.3, -0.25) is 9.59 Å². The Morgan fingerprint density at radius 1 is 1.26 bits per heavy atom. The first kappa shape index (κ1) is 18.0. The smallest absolute Gasteiger partial charge is 0.226 e. The van der Waals surface area contributed by atoms with Gasteiger partial charge in [-0.1, -0.05) is 19.1 Å². The monoisotopic (exact) mass is 383 g/mol. The summed E-state index contributed by atoms with van der Waals surface area (Å²) in [5, 5.41) is 8.04. The van der Waals surface area contributed by atoms with Crippen LogP contribution in [0.3, 0.4) is 0 Å². The molecular formula is C21H25N3O2S. The predicted octanol–water partition coefficient (Wildman–Crippen LogP) is 3.41. The van der Waals surface area contributed by atoms with E-state index in [0.717, 1.165) is 37.3 Å². The molecule has 5 nitrogen and oxygen atoms in total. The lowest BCUT2D eigenvalue weighted by atomic mass is 10.1. The summed E-state index contributed by atoms with van der Waals surface area (Å²) in [7, 11) is 0.